The number of rotatable bonds is 0. The molecule has 26 heavy (non-hydrogen) atoms. The van der Waals surface area contributed by atoms with Gasteiger partial charge in [-0.1, -0.05) is 66.7 Å². The summed E-state index contributed by atoms with van der Waals surface area (Å²) in [6, 6.07) is 28.6. The third-order valence-electron chi connectivity index (χ3n) is 5.20. The van der Waals surface area contributed by atoms with E-state index in [1.807, 2.05) is 12.4 Å². The fraction of sp³-hybridized carbons (Fsp3) is 0. The van der Waals surface area contributed by atoms with Crippen LogP contribution in [0.15, 0.2) is 91.3 Å². The zero-order valence-corrected chi connectivity index (χ0v) is 14.9. The molecule has 0 radical (unpaired) electrons. The van der Waals surface area contributed by atoms with E-state index in [1.54, 1.807) is 0 Å². The predicted octanol–water partition coefficient (Wildman–Crippen LogP) is 5.23. The van der Waals surface area contributed by atoms with Crippen molar-refractivity contribution >= 4 is 30.1 Å². The van der Waals surface area contributed by atoms with Gasteiger partial charge in [-0.2, -0.15) is 0 Å². The number of nitrogens with zero attached hydrogens (tertiary/aromatic N) is 2. The van der Waals surface area contributed by atoms with Crippen LogP contribution in [-0.4, -0.2) is 4.98 Å². The van der Waals surface area contributed by atoms with Gasteiger partial charge in [0.25, 0.3) is 0 Å². The van der Waals surface area contributed by atoms with E-state index in [9.17, 15) is 0 Å². The van der Waals surface area contributed by atoms with Crippen LogP contribution in [0.4, 0.5) is 11.4 Å². The molecule has 0 amide bonds. The Labute approximate surface area is 153 Å². The molecule has 0 spiro atoms. The molecule has 3 heterocycles. The summed E-state index contributed by atoms with van der Waals surface area (Å²) in [5.41, 5.74) is 7.75. The maximum absolute atomic E-state index is 4.42. The number of para-hydroxylation sites is 1. The van der Waals surface area contributed by atoms with E-state index in [0.29, 0.717) is 0 Å². The Hall–Kier alpha value is -2.96. The fourth-order valence-electron chi connectivity index (χ4n) is 4.13. The highest BCUT2D eigenvalue weighted by atomic mass is 31.1. The molecular weight excluding hydrogens is 335 g/mol. The third kappa shape index (κ3) is 1.77. The van der Waals surface area contributed by atoms with Crippen LogP contribution in [-0.2, 0) is 0 Å². The molecule has 3 heteroatoms. The second kappa shape index (κ2) is 5.27. The number of anilines is 2. The van der Waals surface area contributed by atoms with Gasteiger partial charge >= 0.3 is 0 Å². The zero-order chi connectivity index (χ0) is 17.1. The molecule has 3 aromatic carbocycles. The quantitative estimate of drug-likeness (QED) is 0.404. The number of pyridine rings is 1. The van der Waals surface area contributed by atoms with Crippen LogP contribution in [0.3, 0.4) is 0 Å². The molecule has 122 valence electrons. The van der Waals surface area contributed by atoms with E-state index in [4.69, 9.17) is 0 Å². The first-order valence-electron chi connectivity index (χ1n) is 8.75. The van der Waals surface area contributed by atoms with Crippen LogP contribution < -0.4 is 15.3 Å². The maximum Gasteiger partial charge on any atom is 0.0611 e. The van der Waals surface area contributed by atoms with Gasteiger partial charge < -0.3 is 4.67 Å². The van der Waals surface area contributed by atoms with Crippen molar-refractivity contribution in [2.75, 3.05) is 4.67 Å². The molecule has 2 nitrogen and oxygen atoms in total. The zero-order valence-electron chi connectivity index (χ0n) is 14.0. The van der Waals surface area contributed by atoms with Crippen molar-refractivity contribution in [3.8, 4) is 22.3 Å². The van der Waals surface area contributed by atoms with Gasteiger partial charge in [0.15, 0.2) is 0 Å². The first-order chi connectivity index (χ1) is 12.9. The third-order valence-corrected chi connectivity index (χ3v) is 7.73. The minimum Gasteiger partial charge on any atom is -0.310 e. The molecule has 0 bridgehead atoms. The van der Waals surface area contributed by atoms with Gasteiger partial charge in [-0.05, 0) is 23.3 Å². The van der Waals surface area contributed by atoms with Crippen molar-refractivity contribution in [3.63, 3.8) is 0 Å². The smallest absolute Gasteiger partial charge is 0.0611 e. The van der Waals surface area contributed by atoms with Crippen LogP contribution in [0.25, 0.3) is 22.3 Å². The Morgan fingerprint density at radius 1 is 0.577 bits per heavy atom. The molecule has 2 aliphatic rings. The highest BCUT2D eigenvalue weighted by Crippen LogP contribution is 2.60. The lowest BCUT2D eigenvalue weighted by atomic mass is 10.0. The van der Waals surface area contributed by atoms with Crippen LogP contribution in [0.1, 0.15) is 0 Å². The summed E-state index contributed by atoms with van der Waals surface area (Å²) in [5, 5.41) is 2.83. The SMILES string of the molecule is c1ccc2c(c1)-c1ccccc1P1c3ccccc3-c3cnccc3N21. The molecule has 1 atom stereocenters. The van der Waals surface area contributed by atoms with Gasteiger partial charge in [0.05, 0.1) is 19.4 Å². The Kier molecular flexibility index (Phi) is 2.88. The van der Waals surface area contributed by atoms with E-state index >= 15 is 0 Å². The van der Waals surface area contributed by atoms with Gasteiger partial charge in [0.2, 0.25) is 0 Å². The number of hydrogen-bond acceptors (Lipinski definition) is 2. The second-order valence-corrected chi connectivity index (χ2v) is 8.56. The summed E-state index contributed by atoms with van der Waals surface area (Å²) < 4.78 is 2.55. The summed E-state index contributed by atoms with van der Waals surface area (Å²) in [6.07, 6.45) is 3.91. The minimum atomic E-state index is -0.646. The number of hydrogen-bond donors (Lipinski definition) is 0. The highest BCUT2D eigenvalue weighted by molar-refractivity contribution is 7.75. The lowest BCUT2D eigenvalue weighted by Crippen LogP contribution is -2.33. The van der Waals surface area contributed by atoms with Crippen molar-refractivity contribution < 1.29 is 0 Å². The monoisotopic (exact) mass is 350 g/mol. The van der Waals surface area contributed by atoms with Crippen molar-refractivity contribution in [2.24, 2.45) is 0 Å². The van der Waals surface area contributed by atoms with E-state index in [0.717, 1.165) is 0 Å². The second-order valence-electron chi connectivity index (χ2n) is 6.57. The average Bonchev–Trinajstić information content (AvgIpc) is 2.73. The van der Waals surface area contributed by atoms with Gasteiger partial charge in [0.1, 0.15) is 0 Å². The summed E-state index contributed by atoms with van der Waals surface area (Å²) in [6.45, 7) is 0. The van der Waals surface area contributed by atoms with Gasteiger partial charge in [-0.3, -0.25) is 4.98 Å². The minimum absolute atomic E-state index is 0.646. The molecule has 1 unspecified atom stereocenters. The summed E-state index contributed by atoms with van der Waals surface area (Å²) in [4.78, 5) is 4.42. The summed E-state index contributed by atoms with van der Waals surface area (Å²) >= 11 is 0. The molecule has 1 aromatic heterocycles. The molecule has 0 fully saturated rings. The van der Waals surface area contributed by atoms with E-state index in [2.05, 4.69) is 88.5 Å². The van der Waals surface area contributed by atoms with Crippen molar-refractivity contribution in [1.82, 2.24) is 4.98 Å². The molecule has 6 rings (SSSR count). The summed E-state index contributed by atoms with van der Waals surface area (Å²) in [5.74, 6) is 0. The molecule has 4 aromatic rings. The van der Waals surface area contributed by atoms with Crippen LogP contribution >= 0.6 is 8.07 Å². The van der Waals surface area contributed by atoms with Crippen LogP contribution in [0.2, 0.25) is 0 Å². The largest absolute Gasteiger partial charge is 0.310 e. The van der Waals surface area contributed by atoms with E-state index in [-0.39, 0.29) is 0 Å². The summed E-state index contributed by atoms with van der Waals surface area (Å²) in [7, 11) is -0.646. The van der Waals surface area contributed by atoms with Crippen LogP contribution in [0.5, 0.6) is 0 Å². The van der Waals surface area contributed by atoms with Crippen molar-refractivity contribution in [3.05, 3.63) is 91.3 Å². The highest BCUT2D eigenvalue weighted by Gasteiger charge is 2.38. The molecule has 0 saturated heterocycles. The van der Waals surface area contributed by atoms with Crippen molar-refractivity contribution in [2.45, 2.75) is 0 Å². The topological polar surface area (TPSA) is 16.1 Å². The normalized spacial score (nSPS) is 16.0. The fourth-order valence-corrected chi connectivity index (χ4v) is 6.90. The number of aromatic nitrogens is 1. The Balaban J connectivity index is 1.77. The maximum atomic E-state index is 4.42. The molecule has 0 aliphatic carbocycles. The number of fused-ring (bicyclic) bond motifs is 11. The van der Waals surface area contributed by atoms with Gasteiger partial charge in [-0.15, -0.1) is 0 Å². The Morgan fingerprint density at radius 3 is 1.92 bits per heavy atom. The molecule has 2 aliphatic heterocycles. The Bertz CT molecular complexity index is 984. The average molecular weight is 350 g/mol. The lowest BCUT2D eigenvalue weighted by molar-refractivity contribution is 1.29. The van der Waals surface area contributed by atoms with Gasteiger partial charge in [0, 0.05) is 34.1 Å². The molecule has 0 saturated carbocycles. The first kappa shape index (κ1) is 14.2. The van der Waals surface area contributed by atoms with Crippen molar-refractivity contribution in [1.29, 1.82) is 0 Å². The standard InChI is InChI=1S/C23H15N2P/c1-4-10-20-16(7-1)17-8-2-5-11-22(17)26-23-12-6-3-9-18(23)19-15-24-14-13-21(19)25(20)26/h1-15H. The van der Waals surface area contributed by atoms with Gasteiger partial charge in [-0.25, -0.2) is 0 Å². The predicted molar refractivity (Wildman–Crippen MR) is 110 cm³/mol. The van der Waals surface area contributed by atoms with E-state index in [1.165, 1.54) is 44.2 Å². The lowest BCUT2D eigenvalue weighted by Gasteiger charge is -2.44. The number of benzene rings is 3. The van der Waals surface area contributed by atoms with Crippen LogP contribution in [0, 0.1) is 0 Å². The molecular formula is C23H15N2P. The van der Waals surface area contributed by atoms with E-state index < -0.39 is 8.07 Å². The molecule has 0 N–H and O–H groups in total. The first-order valence-corrected chi connectivity index (χ1v) is 10.0. The Morgan fingerprint density at radius 2 is 1.15 bits per heavy atom.